The van der Waals surface area contributed by atoms with Crippen LogP contribution in [0, 0.1) is 0 Å². The molecule has 1 aromatic heterocycles. The number of urea groups is 1. The first-order valence-electron chi connectivity index (χ1n) is 8.63. The van der Waals surface area contributed by atoms with Crippen LogP contribution in [0.1, 0.15) is 15.9 Å². The van der Waals surface area contributed by atoms with Crippen molar-refractivity contribution in [2.75, 3.05) is 38.2 Å². The molecule has 7 nitrogen and oxygen atoms in total. The van der Waals surface area contributed by atoms with Gasteiger partial charge in [-0.05, 0) is 36.2 Å². The second kappa shape index (κ2) is 8.96. The van der Waals surface area contributed by atoms with Gasteiger partial charge in [0.25, 0.3) is 5.91 Å². The summed E-state index contributed by atoms with van der Waals surface area (Å²) in [6.45, 7) is 2.80. The number of ether oxygens (including phenoxy) is 1. The molecule has 1 saturated heterocycles. The summed E-state index contributed by atoms with van der Waals surface area (Å²) in [5.41, 5.74) is 2.20. The number of rotatable bonds is 5. The predicted molar refractivity (Wildman–Crippen MR) is 98.1 cm³/mol. The van der Waals surface area contributed by atoms with Gasteiger partial charge in [-0.2, -0.15) is 0 Å². The van der Waals surface area contributed by atoms with Gasteiger partial charge in [-0.1, -0.05) is 12.1 Å². The van der Waals surface area contributed by atoms with Crippen LogP contribution in [0.25, 0.3) is 0 Å². The fraction of sp³-hybridized carbons (Fsp3) is 0.316. The molecule has 26 heavy (non-hydrogen) atoms. The number of hydrogen-bond donors (Lipinski definition) is 2. The molecule has 0 atom stereocenters. The highest BCUT2D eigenvalue weighted by Crippen LogP contribution is 2.13. The first-order valence-corrected chi connectivity index (χ1v) is 8.63. The fourth-order valence-electron chi connectivity index (χ4n) is 2.72. The van der Waals surface area contributed by atoms with E-state index in [0.717, 1.165) is 5.56 Å². The van der Waals surface area contributed by atoms with Gasteiger partial charge in [0, 0.05) is 43.3 Å². The predicted octanol–water partition coefficient (Wildman–Crippen LogP) is 1.92. The van der Waals surface area contributed by atoms with Crippen LogP contribution in [0.5, 0.6) is 0 Å². The summed E-state index contributed by atoms with van der Waals surface area (Å²) in [5.74, 6) is -0.0473. The standard InChI is InChI=1S/C19H22N4O3/c24-18(23-9-11-26-12-10-23)16-4-1-5-17(13-16)22-19(25)21-8-6-15-3-2-7-20-14-15/h1-5,7,13-14H,6,8-12H2,(H2,21,22,25). The zero-order valence-electron chi connectivity index (χ0n) is 14.5. The Balaban J connectivity index is 1.51. The molecule has 1 aliphatic rings. The minimum Gasteiger partial charge on any atom is -0.378 e. The van der Waals surface area contributed by atoms with Gasteiger partial charge < -0.3 is 20.3 Å². The molecule has 0 spiro atoms. The lowest BCUT2D eigenvalue weighted by molar-refractivity contribution is 0.0303. The molecule has 2 heterocycles. The number of pyridine rings is 1. The molecule has 1 fully saturated rings. The highest BCUT2D eigenvalue weighted by atomic mass is 16.5. The van der Waals surface area contributed by atoms with Crippen LogP contribution in [0.4, 0.5) is 10.5 Å². The summed E-state index contributed by atoms with van der Waals surface area (Å²) < 4.78 is 5.27. The molecule has 3 amide bonds. The maximum atomic E-state index is 12.5. The molecule has 3 rings (SSSR count). The van der Waals surface area contributed by atoms with E-state index in [1.807, 2.05) is 12.1 Å². The molecule has 1 aromatic carbocycles. The fourth-order valence-corrected chi connectivity index (χ4v) is 2.72. The Morgan fingerprint density at radius 1 is 1.15 bits per heavy atom. The van der Waals surface area contributed by atoms with Gasteiger partial charge in [-0.25, -0.2) is 4.79 Å². The van der Waals surface area contributed by atoms with Gasteiger partial charge in [0.15, 0.2) is 0 Å². The number of morpholine rings is 1. The number of aromatic nitrogens is 1. The van der Waals surface area contributed by atoms with E-state index in [4.69, 9.17) is 4.74 Å². The van der Waals surface area contributed by atoms with Crippen LogP contribution in [-0.2, 0) is 11.2 Å². The van der Waals surface area contributed by atoms with Crippen molar-refractivity contribution in [3.05, 3.63) is 59.9 Å². The normalized spacial score (nSPS) is 13.9. The molecule has 2 N–H and O–H groups in total. The Morgan fingerprint density at radius 3 is 2.77 bits per heavy atom. The molecule has 0 saturated carbocycles. The second-order valence-electron chi connectivity index (χ2n) is 5.98. The third kappa shape index (κ3) is 5.03. The van der Waals surface area contributed by atoms with Crippen molar-refractivity contribution < 1.29 is 14.3 Å². The van der Waals surface area contributed by atoms with Gasteiger partial charge >= 0.3 is 6.03 Å². The Hall–Kier alpha value is -2.93. The van der Waals surface area contributed by atoms with Crippen LogP contribution in [0.2, 0.25) is 0 Å². The van der Waals surface area contributed by atoms with E-state index >= 15 is 0 Å². The van der Waals surface area contributed by atoms with E-state index in [1.165, 1.54) is 0 Å². The number of anilines is 1. The lowest BCUT2D eigenvalue weighted by atomic mass is 10.1. The SMILES string of the molecule is O=C(NCCc1cccnc1)Nc1cccc(C(=O)N2CCOCC2)c1. The van der Waals surface area contributed by atoms with Crippen molar-refractivity contribution in [3.63, 3.8) is 0 Å². The average molecular weight is 354 g/mol. The third-order valence-corrected chi connectivity index (χ3v) is 4.09. The van der Waals surface area contributed by atoms with Crippen LogP contribution in [-0.4, -0.2) is 54.7 Å². The Labute approximate surface area is 152 Å². The summed E-state index contributed by atoms with van der Waals surface area (Å²) in [7, 11) is 0. The number of hydrogen-bond acceptors (Lipinski definition) is 4. The minimum atomic E-state index is -0.301. The number of benzene rings is 1. The lowest BCUT2D eigenvalue weighted by Crippen LogP contribution is -2.40. The Bertz CT molecular complexity index is 745. The number of carbonyl (C=O) groups excluding carboxylic acids is 2. The van der Waals surface area contributed by atoms with Crippen molar-refractivity contribution in [2.45, 2.75) is 6.42 Å². The van der Waals surface area contributed by atoms with Gasteiger partial charge in [-0.15, -0.1) is 0 Å². The van der Waals surface area contributed by atoms with Crippen molar-refractivity contribution in [1.82, 2.24) is 15.2 Å². The quantitative estimate of drug-likeness (QED) is 0.859. The summed E-state index contributed by atoms with van der Waals surface area (Å²) in [4.78, 5) is 30.3. The molecule has 0 radical (unpaired) electrons. The maximum Gasteiger partial charge on any atom is 0.319 e. The summed E-state index contributed by atoms with van der Waals surface area (Å²) in [6.07, 6.45) is 4.20. The number of carbonyl (C=O) groups is 2. The summed E-state index contributed by atoms with van der Waals surface area (Å²) >= 11 is 0. The summed E-state index contributed by atoms with van der Waals surface area (Å²) in [5, 5.41) is 5.57. The molecule has 136 valence electrons. The first kappa shape index (κ1) is 17.9. The number of amides is 3. The third-order valence-electron chi connectivity index (χ3n) is 4.09. The molecule has 0 unspecified atom stereocenters. The maximum absolute atomic E-state index is 12.5. The molecule has 0 aliphatic carbocycles. The zero-order chi connectivity index (χ0) is 18.2. The molecule has 2 aromatic rings. The molecule has 0 bridgehead atoms. The van der Waals surface area contributed by atoms with Gasteiger partial charge in [-0.3, -0.25) is 9.78 Å². The monoisotopic (exact) mass is 354 g/mol. The summed E-state index contributed by atoms with van der Waals surface area (Å²) in [6, 6.07) is 10.5. The van der Waals surface area contributed by atoms with E-state index in [-0.39, 0.29) is 11.9 Å². The Morgan fingerprint density at radius 2 is 2.00 bits per heavy atom. The van der Waals surface area contributed by atoms with Gasteiger partial charge in [0.2, 0.25) is 0 Å². The minimum absolute atomic E-state index is 0.0473. The van der Waals surface area contributed by atoms with E-state index in [2.05, 4.69) is 15.6 Å². The van der Waals surface area contributed by atoms with Crippen molar-refractivity contribution >= 4 is 17.6 Å². The Kier molecular flexibility index (Phi) is 6.16. The zero-order valence-corrected chi connectivity index (χ0v) is 14.5. The average Bonchev–Trinajstić information content (AvgIpc) is 2.69. The largest absolute Gasteiger partial charge is 0.378 e. The van der Waals surface area contributed by atoms with Crippen molar-refractivity contribution in [2.24, 2.45) is 0 Å². The molecule has 1 aliphatic heterocycles. The first-order chi connectivity index (χ1) is 12.7. The number of nitrogens with zero attached hydrogens (tertiary/aromatic N) is 2. The molecule has 7 heteroatoms. The smallest absolute Gasteiger partial charge is 0.319 e. The van der Waals surface area contributed by atoms with Crippen molar-refractivity contribution in [3.8, 4) is 0 Å². The van der Waals surface area contributed by atoms with E-state index < -0.39 is 0 Å². The molecular weight excluding hydrogens is 332 g/mol. The van der Waals surface area contributed by atoms with Crippen molar-refractivity contribution in [1.29, 1.82) is 0 Å². The highest BCUT2D eigenvalue weighted by Gasteiger charge is 2.18. The van der Waals surface area contributed by atoms with E-state index in [9.17, 15) is 9.59 Å². The van der Waals surface area contributed by atoms with Crippen LogP contribution in [0.3, 0.4) is 0 Å². The highest BCUT2D eigenvalue weighted by molar-refractivity contribution is 5.97. The lowest BCUT2D eigenvalue weighted by Gasteiger charge is -2.27. The van der Waals surface area contributed by atoms with Crippen LogP contribution >= 0.6 is 0 Å². The molecular formula is C19H22N4O3. The van der Waals surface area contributed by atoms with Crippen LogP contribution in [0.15, 0.2) is 48.8 Å². The van der Waals surface area contributed by atoms with Crippen LogP contribution < -0.4 is 10.6 Å². The second-order valence-corrected chi connectivity index (χ2v) is 5.98. The van der Waals surface area contributed by atoms with E-state index in [0.29, 0.717) is 50.5 Å². The van der Waals surface area contributed by atoms with Gasteiger partial charge in [0.05, 0.1) is 13.2 Å². The van der Waals surface area contributed by atoms with E-state index in [1.54, 1.807) is 41.6 Å². The van der Waals surface area contributed by atoms with Gasteiger partial charge in [0.1, 0.15) is 0 Å². The number of nitrogens with one attached hydrogen (secondary N) is 2. The topological polar surface area (TPSA) is 83.6 Å².